The molecule has 0 radical (unpaired) electrons. The predicted molar refractivity (Wildman–Crippen MR) is 76.7 cm³/mol. The molecule has 0 unspecified atom stereocenters. The summed E-state index contributed by atoms with van der Waals surface area (Å²) in [6.45, 7) is 6.51. The van der Waals surface area contributed by atoms with Gasteiger partial charge in [0, 0.05) is 22.7 Å². The zero-order chi connectivity index (χ0) is 14.0. The molecule has 0 aliphatic carbocycles. The number of non-ortho nitro benzene ring substituents is 1. The summed E-state index contributed by atoms with van der Waals surface area (Å²) >= 11 is 1.64. The van der Waals surface area contributed by atoms with Crippen molar-refractivity contribution < 1.29 is 4.92 Å². The quantitative estimate of drug-likeness (QED) is 0.685. The summed E-state index contributed by atoms with van der Waals surface area (Å²) in [5, 5.41) is 15.0. The maximum atomic E-state index is 10.8. The largest absolute Gasteiger partial charge is 0.380 e. The number of nitro groups is 1. The van der Waals surface area contributed by atoms with Crippen molar-refractivity contribution in [2.24, 2.45) is 0 Å². The van der Waals surface area contributed by atoms with Gasteiger partial charge >= 0.3 is 0 Å². The lowest BCUT2D eigenvalue weighted by Gasteiger charge is -2.08. The number of benzene rings is 1. The first-order chi connectivity index (χ1) is 8.97. The average molecular weight is 277 g/mol. The first kappa shape index (κ1) is 13.5. The number of nitrogens with one attached hydrogen (secondary N) is 1. The Kier molecular flexibility index (Phi) is 3.80. The van der Waals surface area contributed by atoms with Crippen LogP contribution in [0.5, 0.6) is 0 Å². The Morgan fingerprint density at radius 2 is 2.11 bits per heavy atom. The van der Waals surface area contributed by atoms with Gasteiger partial charge in [0.2, 0.25) is 0 Å². The predicted octanol–water partition coefficient (Wildman–Crippen LogP) is 3.59. The topological polar surface area (TPSA) is 68.1 Å². The van der Waals surface area contributed by atoms with Crippen LogP contribution in [0.2, 0.25) is 0 Å². The van der Waals surface area contributed by atoms with E-state index in [1.54, 1.807) is 23.5 Å². The van der Waals surface area contributed by atoms with Crippen LogP contribution in [0.15, 0.2) is 18.2 Å². The van der Waals surface area contributed by atoms with Gasteiger partial charge in [0.1, 0.15) is 0 Å². The molecule has 5 nitrogen and oxygen atoms in total. The Morgan fingerprint density at radius 3 is 2.68 bits per heavy atom. The summed E-state index contributed by atoms with van der Waals surface area (Å²) in [7, 11) is 0. The Morgan fingerprint density at radius 1 is 1.37 bits per heavy atom. The zero-order valence-corrected chi connectivity index (χ0v) is 11.9. The summed E-state index contributed by atoms with van der Waals surface area (Å²) in [5.74, 6) is 0. The maximum absolute atomic E-state index is 10.8. The minimum absolute atomic E-state index is 0.102. The average Bonchev–Trinajstić information content (AvgIpc) is 2.66. The fourth-order valence-corrected chi connectivity index (χ4v) is 2.70. The number of thiazole rings is 1. The molecular weight excluding hydrogens is 262 g/mol. The summed E-state index contributed by atoms with van der Waals surface area (Å²) in [4.78, 5) is 15.9. The van der Waals surface area contributed by atoms with Gasteiger partial charge in [-0.2, -0.15) is 0 Å². The molecule has 1 aromatic heterocycles. The molecule has 0 saturated carbocycles. The third-order valence-electron chi connectivity index (χ3n) is 2.87. The Balaban J connectivity index is 2.17. The van der Waals surface area contributed by atoms with Crippen molar-refractivity contribution in [3.05, 3.63) is 49.5 Å². The maximum Gasteiger partial charge on any atom is 0.271 e. The lowest BCUT2D eigenvalue weighted by molar-refractivity contribution is -0.384. The highest BCUT2D eigenvalue weighted by atomic mass is 32.1. The van der Waals surface area contributed by atoms with Gasteiger partial charge < -0.3 is 5.32 Å². The van der Waals surface area contributed by atoms with Crippen molar-refractivity contribution in [3.8, 4) is 0 Å². The normalized spacial score (nSPS) is 10.5. The van der Waals surface area contributed by atoms with E-state index in [9.17, 15) is 10.1 Å². The molecule has 100 valence electrons. The van der Waals surface area contributed by atoms with Crippen LogP contribution < -0.4 is 5.32 Å². The fourth-order valence-electron chi connectivity index (χ4n) is 1.83. The minimum atomic E-state index is -0.382. The standard InChI is InChI=1S/C13H15N3O2S/c1-8-4-5-11(16(17)18)6-12(8)14-7-13-9(2)15-10(3)19-13/h4-6,14H,7H2,1-3H3. The van der Waals surface area contributed by atoms with E-state index >= 15 is 0 Å². The molecule has 1 N–H and O–H groups in total. The van der Waals surface area contributed by atoms with Crippen LogP contribution in [0.25, 0.3) is 0 Å². The Hall–Kier alpha value is -1.95. The van der Waals surface area contributed by atoms with Gasteiger partial charge in [-0.25, -0.2) is 4.98 Å². The molecule has 0 amide bonds. The molecule has 1 aromatic carbocycles. The minimum Gasteiger partial charge on any atom is -0.380 e. The monoisotopic (exact) mass is 277 g/mol. The van der Waals surface area contributed by atoms with Crippen LogP contribution in [0.3, 0.4) is 0 Å². The van der Waals surface area contributed by atoms with Crippen LogP contribution in [-0.2, 0) is 6.54 Å². The highest BCUT2D eigenvalue weighted by Gasteiger charge is 2.10. The molecule has 1 heterocycles. The first-order valence-electron chi connectivity index (χ1n) is 5.89. The second-order valence-corrected chi connectivity index (χ2v) is 5.64. The molecule has 0 aliphatic rings. The molecule has 6 heteroatoms. The SMILES string of the molecule is Cc1nc(C)c(CNc2cc([N+](=O)[O-])ccc2C)s1. The van der Waals surface area contributed by atoms with Crippen molar-refractivity contribution in [1.29, 1.82) is 0 Å². The van der Waals surface area contributed by atoms with Gasteiger partial charge in [0.05, 0.1) is 22.2 Å². The van der Waals surface area contributed by atoms with Crippen LogP contribution >= 0.6 is 11.3 Å². The summed E-state index contributed by atoms with van der Waals surface area (Å²) in [6, 6.07) is 4.84. The Bertz CT molecular complexity index is 622. The van der Waals surface area contributed by atoms with Crippen LogP contribution in [0, 0.1) is 30.9 Å². The van der Waals surface area contributed by atoms with Crippen molar-refractivity contribution in [2.45, 2.75) is 27.3 Å². The summed E-state index contributed by atoms with van der Waals surface area (Å²) in [6.07, 6.45) is 0. The fraction of sp³-hybridized carbons (Fsp3) is 0.308. The third kappa shape index (κ3) is 3.08. The van der Waals surface area contributed by atoms with Crippen molar-refractivity contribution >= 4 is 22.7 Å². The highest BCUT2D eigenvalue weighted by molar-refractivity contribution is 7.11. The van der Waals surface area contributed by atoms with Gasteiger partial charge in [-0.05, 0) is 26.3 Å². The van der Waals surface area contributed by atoms with Crippen molar-refractivity contribution in [3.63, 3.8) is 0 Å². The van der Waals surface area contributed by atoms with Gasteiger partial charge in [0.25, 0.3) is 5.69 Å². The van der Waals surface area contributed by atoms with Gasteiger partial charge in [-0.1, -0.05) is 6.07 Å². The van der Waals surface area contributed by atoms with Gasteiger partial charge in [0.15, 0.2) is 0 Å². The number of nitrogens with zero attached hydrogens (tertiary/aromatic N) is 2. The molecule has 2 rings (SSSR count). The first-order valence-corrected chi connectivity index (χ1v) is 6.71. The second kappa shape index (κ2) is 5.36. The number of hydrogen-bond acceptors (Lipinski definition) is 5. The molecule has 0 bridgehead atoms. The van der Waals surface area contributed by atoms with Crippen LogP contribution in [0.4, 0.5) is 11.4 Å². The van der Waals surface area contributed by atoms with Gasteiger partial charge in [-0.3, -0.25) is 10.1 Å². The van der Waals surface area contributed by atoms with E-state index in [2.05, 4.69) is 10.3 Å². The number of anilines is 1. The second-order valence-electron chi connectivity index (χ2n) is 4.35. The summed E-state index contributed by atoms with van der Waals surface area (Å²) in [5.41, 5.74) is 2.90. The third-order valence-corrected chi connectivity index (χ3v) is 3.94. The van der Waals surface area contributed by atoms with E-state index in [-0.39, 0.29) is 10.6 Å². The van der Waals surface area contributed by atoms with Crippen LogP contribution in [-0.4, -0.2) is 9.91 Å². The highest BCUT2D eigenvalue weighted by Crippen LogP contribution is 2.24. The molecule has 0 saturated heterocycles. The van der Waals surface area contributed by atoms with E-state index in [1.807, 2.05) is 20.8 Å². The van der Waals surface area contributed by atoms with E-state index in [4.69, 9.17) is 0 Å². The van der Waals surface area contributed by atoms with Crippen molar-refractivity contribution in [1.82, 2.24) is 4.98 Å². The molecule has 0 aliphatic heterocycles. The van der Waals surface area contributed by atoms with E-state index < -0.39 is 0 Å². The molecular formula is C13H15N3O2S. The molecule has 0 atom stereocenters. The molecule has 2 aromatic rings. The lowest BCUT2D eigenvalue weighted by Crippen LogP contribution is -2.01. The number of nitro benzene ring substituents is 1. The van der Waals surface area contributed by atoms with Crippen molar-refractivity contribution in [2.75, 3.05) is 5.32 Å². The van der Waals surface area contributed by atoms with E-state index in [0.29, 0.717) is 6.54 Å². The smallest absolute Gasteiger partial charge is 0.271 e. The zero-order valence-electron chi connectivity index (χ0n) is 11.1. The van der Waals surface area contributed by atoms with Gasteiger partial charge in [-0.15, -0.1) is 11.3 Å². The number of hydrogen-bond donors (Lipinski definition) is 1. The lowest BCUT2D eigenvalue weighted by atomic mass is 10.2. The number of aryl methyl sites for hydroxylation is 3. The number of aromatic nitrogens is 1. The molecule has 0 fully saturated rings. The number of rotatable bonds is 4. The van der Waals surface area contributed by atoms with Crippen LogP contribution in [0.1, 0.15) is 21.1 Å². The van der Waals surface area contributed by atoms with E-state index in [0.717, 1.165) is 26.8 Å². The van der Waals surface area contributed by atoms with E-state index in [1.165, 1.54) is 6.07 Å². The molecule has 0 spiro atoms. The summed E-state index contributed by atoms with van der Waals surface area (Å²) < 4.78 is 0. The molecule has 19 heavy (non-hydrogen) atoms. The Labute approximate surface area is 115 Å².